The van der Waals surface area contributed by atoms with E-state index in [1.54, 1.807) is 3.96 Å². The number of hydrogen-bond donors (Lipinski definition) is 1. The predicted molar refractivity (Wildman–Crippen MR) is 71.1 cm³/mol. The molecule has 1 fully saturated rings. The fourth-order valence-corrected chi connectivity index (χ4v) is 3.45. The first-order valence-electron chi connectivity index (χ1n) is 6.03. The molecule has 1 aromatic heterocycles. The molecule has 18 heavy (non-hydrogen) atoms. The summed E-state index contributed by atoms with van der Waals surface area (Å²) in [5.74, 6) is 0. The van der Waals surface area contributed by atoms with Crippen LogP contribution in [0.3, 0.4) is 0 Å². The highest BCUT2D eigenvalue weighted by Crippen LogP contribution is 2.28. The lowest BCUT2D eigenvalue weighted by atomic mass is 9.97. The molecule has 1 N–H and O–H groups in total. The van der Waals surface area contributed by atoms with E-state index in [-0.39, 0.29) is 11.7 Å². The molecule has 5 heteroatoms. The monoisotopic (exact) mass is 265 g/mol. The first kappa shape index (κ1) is 11.9. The fourth-order valence-electron chi connectivity index (χ4n) is 2.35. The van der Waals surface area contributed by atoms with Gasteiger partial charge < -0.3 is 9.84 Å². The van der Waals surface area contributed by atoms with Gasteiger partial charge in [-0.25, -0.2) is 0 Å². The van der Waals surface area contributed by atoms with Gasteiger partial charge in [0.15, 0.2) is 0 Å². The molecule has 2 aromatic rings. The summed E-state index contributed by atoms with van der Waals surface area (Å²) in [6.45, 7) is 2.72. The van der Waals surface area contributed by atoms with Gasteiger partial charge in [0.05, 0.1) is 22.7 Å². The van der Waals surface area contributed by atoms with Gasteiger partial charge in [0.1, 0.15) is 5.60 Å². The molecule has 1 aromatic carbocycles. The van der Waals surface area contributed by atoms with E-state index in [9.17, 15) is 9.90 Å². The number of rotatable bonds is 2. The minimum absolute atomic E-state index is 0.0249. The molecule has 0 saturated carbocycles. The molecule has 1 saturated heterocycles. The normalized spacial score (nSPS) is 28.0. The minimum Gasteiger partial charge on any atom is -0.385 e. The van der Waals surface area contributed by atoms with Crippen LogP contribution in [-0.4, -0.2) is 27.4 Å². The molecule has 0 spiro atoms. The quantitative estimate of drug-likeness (QED) is 0.897. The standard InChI is InChI=1S/C13H15NO3S/c1-9-13(16,6-7-17-9)8-14-12(15)10-4-2-3-5-11(10)18-14/h2-5,9,16H,6-8H2,1H3. The maximum atomic E-state index is 12.2. The minimum atomic E-state index is -0.926. The summed E-state index contributed by atoms with van der Waals surface area (Å²) in [6.07, 6.45) is 0.351. The van der Waals surface area contributed by atoms with Crippen molar-refractivity contribution in [1.29, 1.82) is 0 Å². The molecule has 1 aliphatic rings. The molecular formula is C13H15NO3S. The van der Waals surface area contributed by atoms with Gasteiger partial charge in [-0.3, -0.25) is 8.75 Å². The van der Waals surface area contributed by atoms with E-state index in [1.807, 2.05) is 31.2 Å². The zero-order valence-corrected chi connectivity index (χ0v) is 10.9. The first-order valence-corrected chi connectivity index (χ1v) is 6.80. The van der Waals surface area contributed by atoms with Crippen LogP contribution in [0.25, 0.3) is 10.1 Å². The second-order valence-corrected chi connectivity index (χ2v) is 5.86. The van der Waals surface area contributed by atoms with Crippen LogP contribution in [-0.2, 0) is 11.3 Å². The van der Waals surface area contributed by atoms with Crippen LogP contribution in [0.5, 0.6) is 0 Å². The van der Waals surface area contributed by atoms with E-state index in [4.69, 9.17) is 4.74 Å². The Kier molecular flexibility index (Phi) is 2.77. The Morgan fingerprint density at radius 3 is 3.00 bits per heavy atom. The molecule has 0 radical (unpaired) electrons. The molecule has 3 rings (SSSR count). The Bertz CT molecular complexity index is 632. The number of aromatic nitrogens is 1. The van der Waals surface area contributed by atoms with Crippen molar-refractivity contribution in [2.45, 2.75) is 31.6 Å². The molecule has 1 aliphatic heterocycles. The summed E-state index contributed by atoms with van der Waals surface area (Å²) >= 11 is 1.40. The Hall–Kier alpha value is -1.17. The van der Waals surface area contributed by atoms with E-state index in [1.165, 1.54) is 11.5 Å². The maximum absolute atomic E-state index is 12.2. The summed E-state index contributed by atoms with van der Waals surface area (Å²) in [5, 5.41) is 11.2. The molecule has 0 aliphatic carbocycles. The average molecular weight is 265 g/mol. The van der Waals surface area contributed by atoms with Gasteiger partial charge in [0, 0.05) is 13.0 Å². The molecule has 2 atom stereocenters. The summed E-state index contributed by atoms with van der Waals surface area (Å²) < 4.78 is 7.98. The van der Waals surface area contributed by atoms with Crippen molar-refractivity contribution in [3.63, 3.8) is 0 Å². The smallest absolute Gasteiger partial charge is 0.268 e. The third kappa shape index (κ3) is 1.79. The van der Waals surface area contributed by atoms with Crippen LogP contribution in [0.1, 0.15) is 13.3 Å². The van der Waals surface area contributed by atoms with Crippen LogP contribution in [0.2, 0.25) is 0 Å². The van der Waals surface area contributed by atoms with Crippen molar-refractivity contribution in [2.75, 3.05) is 6.61 Å². The topological polar surface area (TPSA) is 51.5 Å². The van der Waals surface area contributed by atoms with Gasteiger partial charge >= 0.3 is 0 Å². The number of aliphatic hydroxyl groups is 1. The highest BCUT2D eigenvalue weighted by atomic mass is 32.1. The van der Waals surface area contributed by atoms with E-state index in [0.29, 0.717) is 19.6 Å². The Morgan fingerprint density at radius 2 is 2.33 bits per heavy atom. The summed E-state index contributed by atoms with van der Waals surface area (Å²) in [7, 11) is 0. The van der Waals surface area contributed by atoms with Crippen LogP contribution in [0.15, 0.2) is 29.1 Å². The van der Waals surface area contributed by atoms with E-state index < -0.39 is 5.60 Å². The zero-order valence-electron chi connectivity index (χ0n) is 10.1. The van der Waals surface area contributed by atoms with Crippen LogP contribution < -0.4 is 5.56 Å². The zero-order chi connectivity index (χ0) is 12.8. The van der Waals surface area contributed by atoms with Crippen molar-refractivity contribution >= 4 is 21.6 Å². The number of ether oxygens (including phenoxy) is 1. The van der Waals surface area contributed by atoms with Crippen molar-refractivity contribution < 1.29 is 9.84 Å². The number of benzene rings is 1. The highest BCUT2D eigenvalue weighted by Gasteiger charge is 2.40. The molecule has 0 bridgehead atoms. The van der Waals surface area contributed by atoms with Crippen LogP contribution in [0.4, 0.5) is 0 Å². The molecule has 96 valence electrons. The van der Waals surface area contributed by atoms with Gasteiger partial charge in [0.2, 0.25) is 0 Å². The Labute approximate surface area is 109 Å². The molecule has 0 amide bonds. The van der Waals surface area contributed by atoms with Crippen LogP contribution in [0, 0.1) is 0 Å². The lowest BCUT2D eigenvalue weighted by Gasteiger charge is -2.25. The van der Waals surface area contributed by atoms with Crippen molar-refractivity contribution in [2.24, 2.45) is 0 Å². The summed E-state index contributed by atoms with van der Waals surface area (Å²) in [5.41, 5.74) is -0.951. The van der Waals surface area contributed by atoms with Gasteiger partial charge in [-0.1, -0.05) is 23.7 Å². The molecule has 2 heterocycles. The van der Waals surface area contributed by atoms with Crippen molar-refractivity contribution in [3.05, 3.63) is 34.6 Å². The second kappa shape index (κ2) is 4.19. The summed E-state index contributed by atoms with van der Waals surface area (Å²) in [6, 6.07) is 7.52. The van der Waals surface area contributed by atoms with Gasteiger partial charge in [-0.15, -0.1) is 0 Å². The van der Waals surface area contributed by atoms with E-state index in [2.05, 4.69) is 0 Å². The van der Waals surface area contributed by atoms with Gasteiger partial charge in [0.25, 0.3) is 5.56 Å². The second-order valence-electron chi connectivity index (χ2n) is 4.80. The molecule has 2 unspecified atom stereocenters. The Balaban J connectivity index is 2.00. The fraction of sp³-hybridized carbons (Fsp3) is 0.462. The number of hydrogen-bond acceptors (Lipinski definition) is 4. The molecule has 4 nitrogen and oxygen atoms in total. The SMILES string of the molecule is CC1OCCC1(O)Cn1sc2ccccc2c1=O. The van der Waals surface area contributed by atoms with Gasteiger partial charge in [-0.05, 0) is 19.1 Å². The molecular weight excluding hydrogens is 250 g/mol. The van der Waals surface area contributed by atoms with Crippen molar-refractivity contribution in [3.8, 4) is 0 Å². The lowest BCUT2D eigenvalue weighted by molar-refractivity contribution is -0.0374. The highest BCUT2D eigenvalue weighted by molar-refractivity contribution is 7.13. The third-order valence-electron chi connectivity index (χ3n) is 3.63. The predicted octanol–water partition coefficient (Wildman–Crippen LogP) is 1.60. The van der Waals surface area contributed by atoms with Crippen LogP contribution >= 0.6 is 11.5 Å². The first-order chi connectivity index (χ1) is 8.60. The number of fused-ring (bicyclic) bond motifs is 1. The maximum Gasteiger partial charge on any atom is 0.268 e. The largest absolute Gasteiger partial charge is 0.385 e. The summed E-state index contributed by atoms with van der Waals surface area (Å²) in [4.78, 5) is 12.2. The lowest BCUT2D eigenvalue weighted by Crippen LogP contribution is -2.42. The Morgan fingerprint density at radius 1 is 1.56 bits per heavy atom. The number of nitrogens with zero attached hydrogens (tertiary/aromatic N) is 1. The average Bonchev–Trinajstić information content (AvgIpc) is 2.83. The third-order valence-corrected chi connectivity index (χ3v) is 4.70. The van der Waals surface area contributed by atoms with Crippen molar-refractivity contribution in [1.82, 2.24) is 3.96 Å². The van der Waals surface area contributed by atoms with E-state index >= 15 is 0 Å². The van der Waals surface area contributed by atoms with Gasteiger partial charge in [-0.2, -0.15) is 0 Å². The van der Waals surface area contributed by atoms with E-state index in [0.717, 1.165) is 10.1 Å².